The molecule has 2 N–H and O–H groups in total. The number of rotatable bonds is 9. The molecule has 0 aromatic heterocycles. The molecule has 112 valence electrons. The zero-order valence-electron chi connectivity index (χ0n) is 12.0. The molecule has 20 heavy (non-hydrogen) atoms. The molecule has 0 bridgehead atoms. The highest BCUT2D eigenvalue weighted by Gasteiger charge is 2.10. The molecule has 0 fully saturated rings. The number of non-ortho nitro benzene ring substituents is 1. The van der Waals surface area contributed by atoms with E-state index in [4.69, 9.17) is 9.84 Å². The number of ether oxygens (including phenoxy) is 1. The van der Waals surface area contributed by atoms with Gasteiger partial charge in [-0.05, 0) is 31.4 Å². The number of aliphatic hydroxyl groups is 1. The maximum absolute atomic E-state index is 10.8. The van der Waals surface area contributed by atoms with Crippen molar-refractivity contribution in [2.75, 3.05) is 20.3 Å². The summed E-state index contributed by atoms with van der Waals surface area (Å²) in [6.07, 6.45) is 1.91. The smallest absolute Gasteiger partial charge is 0.270 e. The second-order valence-corrected chi connectivity index (χ2v) is 4.86. The molecule has 0 radical (unpaired) electrons. The van der Waals surface area contributed by atoms with Gasteiger partial charge in [0.2, 0.25) is 0 Å². The third-order valence-corrected chi connectivity index (χ3v) is 3.15. The molecule has 1 atom stereocenters. The van der Waals surface area contributed by atoms with Gasteiger partial charge in [-0.15, -0.1) is 0 Å². The maximum atomic E-state index is 10.8. The fraction of sp³-hybridized carbons (Fsp3) is 0.571. The van der Waals surface area contributed by atoms with Gasteiger partial charge in [-0.3, -0.25) is 10.1 Å². The van der Waals surface area contributed by atoms with Gasteiger partial charge in [-0.2, -0.15) is 0 Å². The second kappa shape index (κ2) is 8.50. The highest BCUT2D eigenvalue weighted by Crippen LogP contribution is 2.23. The van der Waals surface area contributed by atoms with Gasteiger partial charge >= 0.3 is 0 Å². The van der Waals surface area contributed by atoms with Crippen LogP contribution in [0.2, 0.25) is 0 Å². The van der Waals surface area contributed by atoms with E-state index >= 15 is 0 Å². The summed E-state index contributed by atoms with van der Waals surface area (Å²) in [5, 5.41) is 22.9. The van der Waals surface area contributed by atoms with Crippen LogP contribution < -0.4 is 10.1 Å². The van der Waals surface area contributed by atoms with Gasteiger partial charge in [0.25, 0.3) is 5.69 Å². The summed E-state index contributed by atoms with van der Waals surface area (Å²) in [5.41, 5.74) is 0.841. The van der Waals surface area contributed by atoms with E-state index in [1.807, 2.05) is 6.92 Å². The van der Waals surface area contributed by atoms with E-state index < -0.39 is 4.92 Å². The monoisotopic (exact) mass is 282 g/mol. The molecule has 1 aromatic carbocycles. The van der Waals surface area contributed by atoms with Crippen LogP contribution >= 0.6 is 0 Å². The topological polar surface area (TPSA) is 84.6 Å². The quantitative estimate of drug-likeness (QED) is 0.411. The van der Waals surface area contributed by atoms with Crippen molar-refractivity contribution in [3.05, 3.63) is 33.9 Å². The van der Waals surface area contributed by atoms with Crippen molar-refractivity contribution in [3.63, 3.8) is 0 Å². The maximum Gasteiger partial charge on any atom is 0.270 e. The van der Waals surface area contributed by atoms with E-state index in [0.717, 1.165) is 24.9 Å². The fourth-order valence-electron chi connectivity index (χ4n) is 1.91. The van der Waals surface area contributed by atoms with E-state index in [9.17, 15) is 10.1 Å². The van der Waals surface area contributed by atoms with Crippen LogP contribution in [0.15, 0.2) is 18.2 Å². The number of nitrogens with zero attached hydrogens (tertiary/aromatic N) is 1. The fourth-order valence-corrected chi connectivity index (χ4v) is 1.91. The van der Waals surface area contributed by atoms with Gasteiger partial charge in [-0.25, -0.2) is 0 Å². The van der Waals surface area contributed by atoms with E-state index in [0.29, 0.717) is 18.2 Å². The molecule has 0 aliphatic carbocycles. The van der Waals surface area contributed by atoms with Gasteiger partial charge in [-0.1, -0.05) is 6.92 Å². The Labute approximate surface area is 118 Å². The predicted molar refractivity (Wildman–Crippen MR) is 76.8 cm³/mol. The first kappa shape index (κ1) is 16.4. The lowest BCUT2D eigenvalue weighted by molar-refractivity contribution is -0.384. The highest BCUT2D eigenvalue weighted by molar-refractivity contribution is 5.43. The Bertz CT molecular complexity index is 437. The van der Waals surface area contributed by atoms with Gasteiger partial charge in [0.05, 0.1) is 12.0 Å². The molecule has 1 aromatic rings. The molecule has 0 amide bonds. The summed E-state index contributed by atoms with van der Waals surface area (Å²) in [6, 6.07) is 4.58. The van der Waals surface area contributed by atoms with Crippen LogP contribution in [-0.4, -0.2) is 30.3 Å². The second-order valence-electron chi connectivity index (χ2n) is 4.86. The first-order valence-corrected chi connectivity index (χ1v) is 6.71. The van der Waals surface area contributed by atoms with Crippen molar-refractivity contribution >= 4 is 5.69 Å². The predicted octanol–water partition coefficient (Wildman–Crippen LogP) is 2.10. The normalized spacial score (nSPS) is 12.2. The van der Waals surface area contributed by atoms with E-state index in [-0.39, 0.29) is 12.3 Å². The number of hydrogen-bond acceptors (Lipinski definition) is 5. The Morgan fingerprint density at radius 3 is 2.85 bits per heavy atom. The van der Waals surface area contributed by atoms with E-state index in [2.05, 4.69) is 5.32 Å². The first-order valence-electron chi connectivity index (χ1n) is 6.71. The lowest BCUT2D eigenvalue weighted by atomic mass is 10.1. The zero-order valence-corrected chi connectivity index (χ0v) is 12.0. The van der Waals surface area contributed by atoms with Gasteiger partial charge in [0.15, 0.2) is 0 Å². The minimum absolute atomic E-state index is 0.0662. The number of methoxy groups -OCH3 is 1. The lowest BCUT2D eigenvalue weighted by Gasteiger charge is -2.11. The Balaban J connectivity index is 2.49. The van der Waals surface area contributed by atoms with Gasteiger partial charge in [0.1, 0.15) is 5.75 Å². The van der Waals surface area contributed by atoms with Crippen LogP contribution in [0.3, 0.4) is 0 Å². The molecular formula is C14H22N2O4. The lowest BCUT2D eigenvalue weighted by Crippen LogP contribution is -2.16. The van der Waals surface area contributed by atoms with Crippen LogP contribution in [0.5, 0.6) is 5.75 Å². The van der Waals surface area contributed by atoms with E-state index in [1.165, 1.54) is 12.1 Å². The standard InChI is InChI=1S/C14H22N2O4/c1-11(10-17)4-3-7-15-9-12-8-13(16(18)19)5-6-14(12)20-2/h5-6,8,11,15,17H,3-4,7,9-10H2,1-2H3. The number of benzene rings is 1. The van der Waals surface area contributed by atoms with Crippen LogP contribution in [0.1, 0.15) is 25.3 Å². The first-order chi connectivity index (χ1) is 9.58. The average Bonchev–Trinajstić information content (AvgIpc) is 2.46. The molecule has 1 rings (SSSR count). The van der Waals surface area contributed by atoms with Gasteiger partial charge < -0.3 is 15.2 Å². The SMILES string of the molecule is COc1ccc([N+](=O)[O-])cc1CNCCCC(C)CO. The molecule has 0 saturated carbocycles. The summed E-state index contributed by atoms with van der Waals surface area (Å²) in [7, 11) is 1.55. The number of hydrogen-bond donors (Lipinski definition) is 2. The summed E-state index contributed by atoms with van der Waals surface area (Å²) in [4.78, 5) is 10.3. The van der Waals surface area contributed by atoms with Crippen LogP contribution in [0.4, 0.5) is 5.69 Å². The minimum Gasteiger partial charge on any atom is -0.496 e. The molecule has 0 saturated heterocycles. The number of nitro groups is 1. The summed E-state index contributed by atoms with van der Waals surface area (Å²) < 4.78 is 5.20. The van der Waals surface area contributed by atoms with Crippen molar-refractivity contribution in [3.8, 4) is 5.75 Å². The Morgan fingerprint density at radius 1 is 1.50 bits per heavy atom. The van der Waals surface area contributed by atoms with Crippen LogP contribution in [-0.2, 0) is 6.54 Å². The third-order valence-electron chi connectivity index (χ3n) is 3.15. The summed E-state index contributed by atoms with van der Waals surface area (Å²) in [5.74, 6) is 0.955. The summed E-state index contributed by atoms with van der Waals surface area (Å²) >= 11 is 0. The molecule has 0 aliphatic heterocycles. The molecule has 0 spiro atoms. The molecule has 6 nitrogen and oxygen atoms in total. The van der Waals surface area contributed by atoms with E-state index in [1.54, 1.807) is 13.2 Å². The molecule has 0 heterocycles. The molecular weight excluding hydrogens is 260 g/mol. The molecule has 0 aliphatic rings. The Hall–Kier alpha value is -1.66. The Morgan fingerprint density at radius 2 is 2.25 bits per heavy atom. The largest absolute Gasteiger partial charge is 0.496 e. The van der Waals surface area contributed by atoms with Crippen LogP contribution in [0.25, 0.3) is 0 Å². The Kier molecular flexibility index (Phi) is 6.97. The number of aliphatic hydroxyl groups excluding tert-OH is 1. The van der Waals surface area contributed by atoms with Crippen molar-refractivity contribution < 1.29 is 14.8 Å². The van der Waals surface area contributed by atoms with Gasteiger partial charge in [0, 0.05) is 30.8 Å². The van der Waals surface area contributed by atoms with Crippen molar-refractivity contribution in [2.24, 2.45) is 5.92 Å². The molecule has 1 unspecified atom stereocenters. The van der Waals surface area contributed by atoms with Crippen molar-refractivity contribution in [1.82, 2.24) is 5.32 Å². The van der Waals surface area contributed by atoms with Crippen molar-refractivity contribution in [2.45, 2.75) is 26.3 Å². The zero-order chi connectivity index (χ0) is 15.0. The minimum atomic E-state index is -0.411. The molecule has 6 heteroatoms. The van der Waals surface area contributed by atoms with Crippen LogP contribution in [0, 0.1) is 16.0 Å². The third kappa shape index (κ3) is 5.14. The number of nitrogens with one attached hydrogen (secondary N) is 1. The highest BCUT2D eigenvalue weighted by atomic mass is 16.6. The number of nitro benzene ring substituents is 1. The van der Waals surface area contributed by atoms with Crippen molar-refractivity contribution in [1.29, 1.82) is 0 Å². The summed E-state index contributed by atoms with van der Waals surface area (Å²) in [6.45, 7) is 3.54. The average molecular weight is 282 g/mol.